The Balaban J connectivity index is 1.85. The Morgan fingerprint density at radius 3 is 2.80 bits per heavy atom. The van der Waals surface area contributed by atoms with Gasteiger partial charge in [0.05, 0.1) is 0 Å². The average Bonchev–Trinajstić information content (AvgIpc) is 2.10. The fourth-order valence-corrected chi connectivity index (χ4v) is 2.23. The van der Waals surface area contributed by atoms with Crippen LogP contribution in [-0.2, 0) is 0 Å². The van der Waals surface area contributed by atoms with Gasteiger partial charge < -0.3 is 5.32 Å². The minimum Gasteiger partial charge on any atom is -0.382 e. The first kappa shape index (κ1) is 10.7. The molecule has 0 bridgehead atoms. The smallest absolute Gasteiger partial charge is 0.131 e. The zero-order chi connectivity index (χ0) is 10.8. The number of aromatic nitrogens is 1. The van der Waals surface area contributed by atoms with Crippen molar-refractivity contribution in [2.24, 2.45) is 11.8 Å². The molecule has 2 rings (SSSR count). The molecule has 1 aliphatic carbocycles. The Hall–Kier alpha value is -0.760. The molecule has 0 aromatic carbocycles. The number of hydrogen-bond acceptors (Lipinski definition) is 2. The van der Waals surface area contributed by atoms with Gasteiger partial charge >= 0.3 is 0 Å². The maximum absolute atomic E-state index is 5.82. The summed E-state index contributed by atoms with van der Waals surface area (Å²) in [6.07, 6.45) is 4.29. The van der Waals surface area contributed by atoms with Gasteiger partial charge in [0, 0.05) is 17.9 Å². The molecule has 1 aromatic heterocycles. The van der Waals surface area contributed by atoms with Crippen LogP contribution in [-0.4, -0.2) is 11.0 Å². The van der Waals surface area contributed by atoms with Crippen molar-refractivity contribution >= 4 is 17.3 Å². The zero-order valence-electron chi connectivity index (χ0n) is 9.20. The minimum absolute atomic E-state index is 0.555. The van der Waals surface area contributed by atoms with Gasteiger partial charge in [-0.25, -0.2) is 4.98 Å². The summed E-state index contributed by atoms with van der Waals surface area (Å²) in [7, 11) is 0. The van der Waals surface area contributed by atoms with Crippen molar-refractivity contribution in [3.05, 3.63) is 23.5 Å². The van der Waals surface area contributed by atoms with Crippen molar-refractivity contribution in [1.29, 1.82) is 0 Å². The van der Waals surface area contributed by atoms with Crippen LogP contribution in [0.1, 0.15) is 26.7 Å². The first-order chi connectivity index (χ1) is 7.15. The van der Waals surface area contributed by atoms with Gasteiger partial charge in [0.2, 0.25) is 0 Å². The normalized spacial score (nSPS) is 25.1. The van der Waals surface area contributed by atoms with Crippen LogP contribution in [0.25, 0.3) is 0 Å². The molecule has 0 aliphatic heterocycles. The molecule has 0 radical (unpaired) electrons. The molecule has 3 heteroatoms. The molecule has 0 amide bonds. The third-order valence-electron chi connectivity index (χ3n) is 3.21. The van der Waals surface area contributed by atoms with E-state index in [0.29, 0.717) is 11.2 Å². The molecule has 1 saturated carbocycles. The van der Waals surface area contributed by atoms with Gasteiger partial charge in [-0.05, 0) is 36.8 Å². The number of halogens is 1. The van der Waals surface area contributed by atoms with Crippen molar-refractivity contribution in [1.82, 2.24) is 4.98 Å². The van der Waals surface area contributed by atoms with Crippen LogP contribution < -0.4 is 5.32 Å². The Morgan fingerprint density at radius 2 is 2.20 bits per heavy atom. The predicted molar refractivity (Wildman–Crippen MR) is 64.2 cm³/mol. The van der Waals surface area contributed by atoms with Crippen molar-refractivity contribution in [3.63, 3.8) is 0 Å². The van der Waals surface area contributed by atoms with Crippen LogP contribution in [0.4, 0.5) is 5.69 Å². The summed E-state index contributed by atoms with van der Waals surface area (Å²) in [6, 6.07) is 4.47. The minimum atomic E-state index is 0.555. The number of anilines is 1. The highest BCUT2D eigenvalue weighted by atomic mass is 35.5. The highest BCUT2D eigenvalue weighted by Crippen LogP contribution is 2.35. The SMILES string of the molecule is CC(C)C1CC(Nc2ccnc(Cl)c2)C1. The van der Waals surface area contributed by atoms with Crippen molar-refractivity contribution in [2.75, 3.05) is 5.32 Å². The zero-order valence-corrected chi connectivity index (χ0v) is 9.96. The number of nitrogens with zero attached hydrogens (tertiary/aromatic N) is 1. The predicted octanol–water partition coefficient (Wildman–Crippen LogP) is 3.58. The number of nitrogens with one attached hydrogen (secondary N) is 1. The van der Waals surface area contributed by atoms with Crippen LogP contribution >= 0.6 is 11.6 Å². The van der Waals surface area contributed by atoms with Gasteiger partial charge in [0.1, 0.15) is 5.15 Å². The Labute approximate surface area is 96.1 Å². The van der Waals surface area contributed by atoms with Crippen LogP contribution in [0.5, 0.6) is 0 Å². The third-order valence-corrected chi connectivity index (χ3v) is 3.42. The molecule has 0 saturated heterocycles. The number of rotatable bonds is 3. The summed E-state index contributed by atoms with van der Waals surface area (Å²) in [5.74, 6) is 1.70. The Bertz CT molecular complexity index is 332. The largest absolute Gasteiger partial charge is 0.382 e. The number of hydrogen-bond donors (Lipinski definition) is 1. The monoisotopic (exact) mass is 224 g/mol. The van der Waals surface area contributed by atoms with Crippen LogP contribution in [0.2, 0.25) is 5.15 Å². The number of pyridine rings is 1. The average molecular weight is 225 g/mol. The fraction of sp³-hybridized carbons (Fsp3) is 0.583. The molecular weight excluding hydrogens is 208 g/mol. The van der Waals surface area contributed by atoms with E-state index in [4.69, 9.17) is 11.6 Å². The maximum Gasteiger partial charge on any atom is 0.131 e. The summed E-state index contributed by atoms with van der Waals surface area (Å²) in [6.45, 7) is 4.59. The van der Waals surface area contributed by atoms with Crippen LogP contribution in [0.15, 0.2) is 18.3 Å². The van der Waals surface area contributed by atoms with E-state index in [9.17, 15) is 0 Å². The van der Waals surface area contributed by atoms with Crippen LogP contribution in [0, 0.1) is 11.8 Å². The quantitative estimate of drug-likeness (QED) is 0.794. The van der Waals surface area contributed by atoms with E-state index in [-0.39, 0.29) is 0 Å². The Morgan fingerprint density at radius 1 is 1.47 bits per heavy atom. The standard InChI is InChI=1S/C12H17ClN2/c1-8(2)9-5-11(6-9)15-10-3-4-14-12(13)7-10/h3-4,7-9,11H,5-6H2,1-2H3,(H,14,15). The molecule has 0 spiro atoms. The van der Waals surface area contributed by atoms with Gasteiger partial charge in [-0.1, -0.05) is 25.4 Å². The topological polar surface area (TPSA) is 24.9 Å². The maximum atomic E-state index is 5.82. The van der Waals surface area contributed by atoms with Gasteiger partial charge in [-0.15, -0.1) is 0 Å². The molecule has 1 heterocycles. The molecule has 1 aromatic rings. The van der Waals surface area contributed by atoms with E-state index in [1.165, 1.54) is 12.8 Å². The molecule has 1 fully saturated rings. The third kappa shape index (κ3) is 2.63. The van der Waals surface area contributed by atoms with Crippen molar-refractivity contribution in [3.8, 4) is 0 Å². The van der Waals surface area contributed by atoms with Crippen molar-refractivity contribution < 1.29 is 0 Å². The first-order valence-electron chi connectivity index (χ1n) is 5.53. The lowest BCUT2D eigenvalue weighted by Gasteiger charge is -2.39. The molecule has 0 unspecified atom stereocenters. The van der Waals surface area contributed by atoms with Gasteiger partial charge in [0.15, 0.2) is 0 Å². The van der Waals surface area contributed by atoms with E-state index in [0.717, 1.165) is 17.5 Å². The summed E-state index contributed by atoms with van der Waals surface area (Å²) in [5, 5.41) is 4.03. The highest BCUT2D eigenvalue weighted by molar-refractivity contribution is 6.29. The van der Waals surface area contributed by atoms with E-state index < -0.39 is 0 Å². The lowest BCUT2D eigenvalue weighted by atomic mass is 9.73. The van der Waals surface area contributed by atoms with Crippen molar-refractivity contribution in [2.45, 2.75) is 32.7 Å². The van der Waals surface area contributed by atoms with E-state index in [2.05, 4.69) is 24.1 Å². The summed E-state index contributed by atoms with van der Waals surface area (Å²) in [4.78, 5) is 3.96. The molecule has 82 valence electrons. The van der Waals surface area contributed by atoms with E-state index in [1.807, 2.05) is 12.1 Å². The van der Waals surface area contributed by atoms with Crippen LogP contribution in [0.3, 0.4) is 0 Å². The highest BCUT2D eigenvalue weighted by Gasteiger charge is 2.30. The lowest BCUT2D eigenvalue weighted by Crippen LogP contribution is -2.37. The summed E-state index contributed by atoms with van der Waals surface area (Å²) in [5.41, 5.74) is 1.09. The second-order valence-corrected chi connectivity index (χ2v) is 5.07. The second-order valence-electron chi connectivity index (χ2n) is 4.68. The summed E-state index contributed by atoms with van der Waals surface area (Å²) < 4.78 is 0. The van der Waals surface area contributed by atoms with Gasteiger partial charge in [0.25, 0.3) is 0 Å². The van der Waals surface area contributed by atoms with Gasteiger partial charge in [-0.3, -0.25) is 0 Å². The summed E-state index contributed by atoms with van der Waals surface area (Å²) >= 11 is 5.82. The van der Waals surface area contributed by atoms with E-state index >= 15 is 0 Å². The molecule has 0 atom stereocenters. The fourth-order valence-electron chi connectivity index (χ4n) is 2.05. The second kappa shape index (κ2) is 4.40. The molecule has 2 nitrogen and oxygen atoms in total. The van der Waals surface area contributed by atoms with Gasteiger partial charge in [-0.2, -0.15) is 0 Å². The first-order valence-corrected chi connectivity index (χ1v) is 5.91. The molecule has 1 aliphatic rings. The lowest BCUT2D eigenvalue weighted by molar-refractivity contribution is 0.212. The molecule has 15 heavy (non-hydrogen) atoms. The molecule has 1 N–H and O–H groups in total. The molecular formula is C12H17ClN2. The van der Waals surface area contributed by atoms with E-state index in [1.54, 1.807) is 6.20 Å². The Kier molecular flexibility index (Phi) is 3.15.